The van der Waals surface area contributed by atoms with Crippen molar-refractivity contribution < 1.29 is 23.8 Å². The van der Waals surface area contributed by atoms with Gasteiger partial charge in [0.2, 0.25) is 5.76 Å². The SMILES string of the molecule is CC1Oc2ccc(NC(=O)C3=COCCO3)cc2NC1=O. The summed E-state index contributed by atoms with van der Waals surface area (Å²) in [5.41, 5.74) is 1.04. The van der Waals surface area contributed by atoms with E-state index in [0.29, 0.717) is 30.3 Å². The van der Waals surface area contributed by atoms with Crippen molar-refractivity contribution in [3.63, 3.8) is 0 Å². The Labute approximate surface area is 120 Å². The second kappa shape index (κ2) is 5.35. The van der Waals surface area contributed by atoms with Gasteiger partial charge in [0.05, 0.1) is 5.69 Å². The Morgan fingerprint density at radius 2 is 2.24 bits per heavy atom. The molecule has 21 heavy (non-hydrogen) atoms. The molecule has 0 saturated heterocycles. The first kappa shape index (κ1) is 13.3. The molecule has 0 aromatic heterocycles. The highest BCUT2D eigenvalue weighted by Gasteiger charge is 2.24. The number of benzene rings is 1. The normalized spacial score (nSPS) is 20.0. The monoisotopic (exact) mass is 290 g/mol. The molecule has 3 rings (SSSR count). The van der Waals surface area contributed by atoms with Crippen LogP contribution in [0.15, 0.2) is 30.2 Å². The minimum absolute atomic E-state index is 0.118. The molecule has 0 bridgehead atoms. The van der Waals surface area contributed by atoms with Crippen LogP contribution in [0.25, 0.3) is 0 Å². The van der Waals surface area contributed by atoms with Crippen LogP contribution in [0.4, 0.5) is 11.4 Å². The Morgan fingerprint density at radius 3 is 3.00 bits per heavy atom. The van der Waals surface area contributed by atoms with E-state index in [-0.39, 0.29) is 11.7 Å². The van der Waals surface area contributed by atoms with Crippen molar-refractivity contribution in [1.82, 2.24) is 0 Å². The molecule has 0 aliphatic carbocycles. The average Bonchev–Trinajstić information content (AvgIpc) is 2.49. The topological polar surface area (TPSA) is 85.9 Å². The van der Waals surface area contributed by atoms with Crippen LogP contribution in [-0.4, -0.2) is 31.1 Å². The van der Waals surface area contributed by atoms with Crippen molar-refractivity contribution >= 4 is 23.2 Å². The zero-order valence-corrected chi connectivity index (χ0v) is 11.3. The molecular formula is C14H14N2O5. The first-order valence-electron chi connectivity index (χ1n) is 6.51. The fourth-order valence-corrected chi connectivity index (χ4v) is 1.97. The van der Waals surface area contributed by atoms with Gasteiger partial charge in [0.1, 0.15) is 25.2 Å². The predicted molar refractivity (Wildman–Crippen MR) is 73.8 cm³/mol. The molecule has 0 saturated carbocycles. The number of ether oxygens (including phenoxy) is 3. The van der Waals surface area contributed by atoms with Gasteiger partial charge in [-0.05, 0) is 25.1 Å². The van der Waals surface area contributed by atoms with Gasteiger partial charge >= 0.3 is 0 Å². The van der Waals surface area contributed by atoms with Crippen molar-refractivity contribution in [2.45, 2.75) is 13.0 Å². The highest BCUT2D eigenvalue weighted by atomic mass is 16.6. The highest BCUT2D eigenvalue weighted by Crippen LogP contribution is 2.32. The largest absolute Gasteiger partial charge is 0.494 e. The molecule has 7 nitrogen and oxygen atoms in total. The van der Waals surface area contributed by atoms with E-state index in [0.717, 1.165) is 0 Å². The second-order valence-corrected chi connectivity index (χ2v) is 4.62. The molecule has 1 aromatic rings. The van der Waals surface area contributed by atoms with Gasteiger partial charge in [0.15, 0.2) is 6.10 Å². The molecular weight excluding hydrogens is 276 g/mol. The molecule has 1 aromatic carbocycles. The van der Waals surface area contributed by atoms with E-state index in [1.165, 1.54) is 6.26 Å². The molecule has 2 heterocycles. The Bertz CT molecular complexity index is 626. The molecule has 0 fully saturated rings. The average molecular weight is 290 g/mol. The van der Waals surface area contributed by atoms with Crippen LogP contribution in [0.1, 0.15) is 6.92 Å². The van der Waals surface area contributed by atoms with Gasteiger partial charge < -0.3 is 24.8 Å². The van der Waals surface area contributed by atoms with E-state index in [1.54, 1.807) is 25.1 Å². The van der Waals surface area contributed by atoms with Gasteiger partial charge in [-0.15, -0.1) is 0 Å². The van der Waals surface area contributed by atoms with Crippen LogP contribution in [0.3, 0.4) is 0 Å². The maximum absolute atomic E-state index is 11.9. The number of rotatable bonds is 2. The zero-order chi connectivity index (χ0) is 14.8. The number of carbonyl (C=O) groups is 2. The van der Waals surface area contributed by atoms with E-state index in [4.69, 9.17) is 14.2 Å². The van der Waals surface area contributed by atoms with Crippen LogP contribution in [0, 0.1) is 0 Å². The molecule has 2 aliphatic rings. The Kier molecular flexibility index (Phi) is 3.39. The van der Waals surface area contributed by atoms with Gasteiger partial charge in [-0.3, -0.25) is 9.59 Å². The summed E-state index contributed by atoms with van der Waals surface area (Å²) in [5.74, 6) is 0.0493. The standard InChI is InChI=1S/C14H14N2O5/c1-8-13(17)16-10-6-9(2-3-11(10)21-8)15-14(18)12-7-19-4-5-20-12/h2-3,6-8H,4-5H2,1H3,(H,15,18)(H,16,17). The molecule has 2 amide bonds. The predicted octanol–water partition coefficient (Wildman–Crippen LogP) is 1.23. The first-order valence-corrected chi connectivity index (χ1v) is 6.51. The van der Waals surface area contributed by atoms with E-state index < -0.39 is 12.0 Å². The summed E-state index contributed by atoms with van der Waals surface area (Å²) >= 11 is 0. The lowest BCUT2D eigenvalue weighted by Gasteiger charge is -2.23. The summed E-state index contributed by atoms with van der Waals surface area (Å²) in [6, 6.07) is 5.00. The molecule has 7 heteroatoms. The second-order valence-electron chi connectivity index (χ2n) is 4.62. The number of fused-ring (bicyclic) bond motifs is 1. The third kappa shape index (κ3) is 2.76. The van der Waals surface area contributed by atoms with Gasteiger partial charge in [-0.2, -0.15) is 0 Å². The molecule has 1 unspecified atom stereocenters. The lowest BCUT2D eigenvalue weighted by atomic mass is 10.2. The van der Waals surface area contributed by atoms with E-state index in [2.05, 4.69) is 10.6 Å². The van der Waals surface area contributed by atoms with Crippen LogP contribution in [-0.2, 0) is 19.1 Å². The number of anilines is 2. The number of hydrogen-bond acceptors (Lipinski definition) is 5. The quantitative estimate of drug-likeness (QED) is 0.855. The van der Waals surface area contributed by atoms with Crippen molar-refractivity contribution in [1.29, 1.82) is 0 Å². The van der Waals surface area contributed by atoms with Crippen molar-refractivity contribution in [3.8, 4) is 5.75 Å². The lowest BCUT2D eigenvalue weighted by Crippen LogP contribution is -2.34. The summed E-state index contributed by atoms with van der Waals surface area (Å²) in [6.07, 6.45) is 0.750. The summed E-state index contributed by atoms with van der Waals surface area (Å²) in [5, 5.41) is 5.39. The third-order valence-corrected chi connectivity index (χ3v) is 3.04. The fraction of sp³-hybridized carbons (Fsp3) is 0.286. The van der Waals surface area contributed by atoms with Crippen molar-refractivity contribution in [3.05, 3.63) is 30.2 Å². The summed E-state index contributed by atoms with van der Waals surface area (Å²) < 4.78 is 15.7. The number of hydrogen-bond donors (Lipinski definition) is 2. The minimum atomic E-state index is -0.532. The van der Waals surface area contributed by atoms with Gasteiger partial charge in [0.25, 0.3) is 11.8 Å². The van der Waals surface area contributed by atoms with Crippen molar-refractivity contribution in [2.75, 3.05) is 23.8 Å². The maximum Gasteiger partial charge on any atom is 0.294 e. The molecule has 2 N–H and O–H groups in total. The van der Waals surface area contributed by atoms with Gasteiger partial charge in [0, 0.05) is 5.69 Å². The lowest BCUT2D eigenvalue weighted by molar-refractivity contribution is -0.122. The number of carbonyl (C=O) groups excluding carboxylic acids is 2. The Hall–Kier alpha value is -2.70. The summed E-state index contributed by atoms with van der Waals surface area (Å²) in [4.78, 5) is 23.5. The number of amides is 2. The van der Waals surface area contributed by atoms with Crippen molar-refractivity contribution in [2.24, 2.45) is 0 Å². The van der Waals surface area contributed by atoms with Gasteiger partial charge in [-0.1, -0.05) is 0 Å². The summed E-state index contributed by atoms with van der Waals surface area (Å²) in [7, 11) is 0. The minimum Gasteiger partial charge on any atom is -0.494 e. The van der Waals surface area contributed by atoms with Crippen LogP contribution < -0.4 is 15.4 Å². The van der Waals surface area contributed by atoms with Gasteiger partial charge in [-0.25, -0.2) is 0 Å². The van der Waals surface area contributed by atoms with Crippen LogP contribution in [0.2, 0.25) is 0 Å². The van der Waals surface area contributed by atoms with E-state index in [1.807, 2.05) is 0 Å². The summed E-state index contributed by atoms with van der Waals surface area (Å²) in [6.45, 7) is 2.43. The highest BCUT2D eigenvalue weighted by molar-refractivity contribution is 6.03. The maximum atomic E-state index is 11.9. The van der Waals surface area contributed by atoms with E-state index in [9.17, 15) is 9.59 Å². The number of nitrogens with one attached hydrogen (secondary N) is 2. The van der Waals surface area contributed by atoms with Crippen LogP contribution in [0.5, 0.6) is 5.75 Å². The molecule has 1 atom stereocenters. The molecule has 110 valence electrons. The first-order chi connectivity index (χ1) is 10.1. The molecule has 0 spiro atoms. The molecule has 2 aliphatic heterocycles. The Balaban J connectivity index is 1.75. The van der Waals surface area contributed by atoms with E-state index >= 15 is 0 Å². The van der Waals surface area contributed by atoms with Crippen LogP contribution >= 0.6 is 0 Å². The zero-order valence-electron chi connectivity index (χ0n) is 11.3. The fourth-order valence-electron chi connectivity index (χ4n) is 1.97. The third-order valence-electron chi connectivity index (χ3n) is 3.04. The smallest absolute Gasteiger partial charge is 0.294 e. The Morgan fingerprint density at radius 1 is 1.38 bits per heavy atom. The molecule has 0 radical (unpaired) electrons.